The highest BCUT2D eigenvalue weighted by atomic mass is 32.1. The molecule has 0 bridgehead atoms. The molecule has 2 heterocycles. The van der Waals surface area contributed by atoms with E-state index in [4.69, 9.17) is 4.74 Å². The Labute approximate surface area is 207 Å². The van der Waals surface area contributed by atoms with Crippen LogP contribution in [-0.2, 0) is 4.74 Å². The number of aryl methyl sites for hydroxylation is 1. The third-order valence-electron chi connectivity index (χ3n) is 5.65. The summed E-state index contributed by atoms with van der Waals surface area (Å²) in [5.41, 5.74) is 2.84. The lowest BCUT2D eigenvalue weighted by Gasteiger charge is -2.31. The van der Waals surface area contributed by atoms with E-state index in [-0.39, 0.29) is 17.9 Å². The van der Waals surface area contributed by atoms with Crippen LogP contribution >= 0.6 is 11.3 Å². The summed E-state index contributed by atoms with van der Waals surface area (Å²) >= 11 is 1.26. The van der Waals surface area contributed by atoms with Crippen molar-refractivity contribution < 1.29 is 19.1 Å². The van der Waals surface area contributed by atoms with Crippen LogP contribution in [-0.4, -0.2) is 52.7 Å². The number of nitrogens with zero attached hydrogens (tertiary/aromatic N) is 3. The summed E-state index contributed by atoms with van der Waals surface area (Å²) in [5.74, 6) is -0.679. The van der Waals surface area contributed by atoms with Crippen molar-refractivity contribution in [3.05, 3.63) is 69.7 Å². The van der Waals surface area contributed by atoms with Gasteiger partial charge in [-0.2, -0.15) is 0 Å². The molecule has 1 aromatic heterocycles. The lowest BCUT2D eigenvalue weighted by atomic mass is 9.99. The highest BCUT2D eigenvalue weighted by Gasteiger charge is 2.28. The fourth-order valence-corrected chi connectivity index (χ4v) is 4.65. The molecule has 35 heavy (non-hydrogen) atoms. The molecule has 0 aliphatic carbocycles. The molecule has 182 valence electrons. The van der Waals surface area contributed by atoms with E-state index in [0.717, 1.165) is 23.4 Å². The lowest BCUT2D eigenvalue weighted by molar-refractivity contribution is 0.0526. The summed E-state index contributed by atoms with van der Waals surface area (Å²) in [6, 6.07) is 13.9. The average molecular weight is 494 g/mol. The van der Waals surface area contributed by atoms with Gasteiger partial charge < -0.3 is 20.3 Å². The first-order valence-corrected chi connectivity index (χ1v) is 12.3. The van der Waals surface area contributed by atoms with E-state index in [1.165, 1.54) is 11.3 Å². The zero-order chi connectivity index (χ0) is 24.8. The van der Waals surface area contributed by atoms with Gasteiger partial charge in [0.25, 0.3) is 5.91 Å². The first-order chi connectivity index (χ1) is 16.9. The monoisotopic (exact) mass is 493 g/mol. The van der Waals surface area contributed by atoms with E-state index in [0.29, 0.717) is 41.6 Å². The summed E-state index contributed by atoms with van der Waals surface area (Å²) in [6.07, 6.45) is 1.69. The van der Waals surface area contributed by atoms with Crippen molar-refractivity contribution >= 4 is 40.6 Å². The third kappa shape index (κ3) is 6.21. The Hall–Kier alpha value is -3.79. The predicted octanol–water partition coefficient (Wildman–Crippen LogP) is 4.69. The summed E-state index contributed by atoms with van der Waals surface area (Å²) in [5, 5.41) is 15.1. The Kier molecular flexibility index (Phi) is 7.71. The van der Waals surface area contributed by atoms with Crippen LogP contribution in [0.3, 0.4) is 0 Å². The number of nitrogens with one attached hydrogen (secondary N) is 2. The molecule has 4 rings (SSSR count). The van der Waals surface area contributed by atoms with E-state index >= 15 is 0 Å². The molecule has 1 aliphatic heterocycles. The quantitative estimate of drug-likeness (QED) is 0.482. The van der Waals surface area contributed by atoms with E-state index in [1.807, 2.05) is 31.2 Å². The largest absolute Gasteiger partial charge is 0.462 e. The number of rotatable bonds is 6. The molecule has 0 spiro atoms. The highest BCUT2D eigenvalue weighted by molar-refractivity contribution is 7.13. The van der Waals surface area contributed by atoms with E-state index in [2.05, 4.69) is 20.8 Å². The summed E-state index contributed by atoms with van der Waals surface area (Å²) in [4.78, 5) is 38.9. The van der Waals surface area contributed by atoms with Crippen molar-refractivity contribution in [1.82, 2.24) is 15.1 Å². The summed E-state index contributed by atoms with van der Waals surface area (Å²) in [6.45, 7) is 5.16. The third-order valence-corrected chi connectivity index (χ3v) is 6.73. The summed E-state index contributed by atoms with van der Waals surface area (Å²) in [7, 11) is 0. The number of hydrogen-bond acceptors (Lipinski definition) is 7. The molecule has 1 saturated heterocycles. The second-order valence-electron chi connectivity index (χ2n) is 8.28. The fourth-order valence-electron chi connectivity index (χ4n) is 3.78. The first kappa shape index (κ1) is 24.3. The van der Waals surface area contributed by atoms with Crippen LogP contribution in [0.2, 0.25) is 0 Å². The summed E-state index contributed by atoms with van der Waals surface area (Å²) < 4.78 is 4.98. The van der Waals surface area contributed by atoms with Gasteiger partial charge in [-0.1, -0.05) is 29.0 Å². The van der Waals surface area contributed by atoms with Crippen LogP contribution in [0.15, 0.2) is 48.5 Å². The fraction of sp³-hybridized carbons (Fsp3) is 0.320. The number of benzene rings is 2. The molecular weight excluding hydrogens is 466 g/mol. The number of ether oxygens (including phenoxy) is 1. The van der Waals surface area contributed by atoms with E-state index < -0.39 is 5.97 Å². The molecule has 9 nitrogen and oxygen atoms in total. The molecule has 10 heteroatoms. The lowest BCUT2D eigenvalue weighted by Crippen LogP contribution is -2.41. The zero-order valence-corrected chi connectivity index (χ0v) is 20.4. The smallest absolute Gasteiger partial charge is 0.338 e. The Morgan fingerprint density at radius 1 is 1.03 bits per heavy atom. The number of amides is 3. The van der Waals surface area contributed by atoms with Crippen molar-refractivity contribution in [2.75, 3.05) is 30.3 Å². The Morgan fingerprint density at radius 2 is 1.71 bits per heavy atom. The van der Waals surface area contributed by atoms with Gasteiger partial charge in [0, 0.05) is 30.4 Å². The predicted molar refractivity (Wildman–Crippen MR) is 134 cm³/mol. The van der Waals surface area contributed by atoms with Crippen LogP contribution in [0.25, 0.3) is 0 Å². The number of piperidine rings is 1. The molecule has 2 N–H and O–H groups in total. The molecule has 1 atom stereocenters. The number of likely N-dealkylation sites (tertiary alicyclic amines) is 1. The first-order valence-electron chi connectivity index (χ1n) is 11.5. The number of carbonyl (C=O) groups excluding carboxylic acids is 3. The number of hydrogen-bond donors (Lipinski definition) is 2. The van der Waals surface area contributed by atoms with Crippen molar-refractivity contribution in [3.63, 3.8) is 0 Å². The second-order valence-corrected chi connectivity index (χ2v) is 9.29. The molecule has 3 aromatic rings. The number of carbonyl (C=O) groups is 3. The van der Waals surface area contributed by atoms with Gasteiger partial charge in [-0.25, -0.2) is 9.59 Å². The maximum atomic E-state index is 12.8. The maximum absolute atomic E-state index is 12.8. The van der Waals surface area contributed by atoms with Crippen molar-refractivity contribution in [1.29, 1.82) is 0 Å². The molecular formula is C25H27N5O4S. The second kappa shape index (κ2) is 11.1. The van der Waals surface area contributed by atoms with Gasteiger partial charge in [0.05, 0.1) is 12.2 Å². The van der Waals surface area contributed by atoms with Gasteiger partial charge in [0.1, 0.15) is 5.01 Å². The number of aromatic nitrogens is 2. The topological polar surface area (TPSA) is 114 Å². The van der Waals surface area contributed by atoms with Crippen LogP contribution in [0.5, 0.6) is 0 Å². The minimum Gasteiger partial charge on any atom is -0.462 e. The van der Waals surface area contributed by atoms with Crippen molar-refractivity contribution in [2.24, 2.45) is 0 Å². The van der Waals surface area contributed by atoms with Gasteiger partial charge >= 0.3 is 12.0 Å². The van der Waals surface area contributed by atoms with E-state index in [9.17, 15) is 14.4 Å². The van der Waals surface area contributed by atoms with Gasteiger partial charge in [-0.3, -0.25) is 4.79 Å². The number of anilines is 2. The molecule has 0 unspecified atom stereocenters. The Morgan fingerprint density at radius 3 is 2.43 bits per heavy atom. The molecule has 1 fully saturated rings. The normalized spacial score (nSPS) is 15.4. The zero-order valence-electron chi connectivity index (χ0n) is 19.6. The number of urea groups is 1. The Bertz CT molecular complexity index is 1190. The SMILES string of the molecule is CCOC(=O)c1ccc(NC(=O)N2CCC[C@@H](c3nnc(C(=O)Nc4ccc(C)cc4)s3)C2)cc1. The average Bonchev–Trinajstić information content (AvgIpc) is 3.37. The van der Waals surface area contributed by atoms with Crippen LogP contribution in [0, 0.1) is 6.92 Å². The van der Waals surface area contributed by atoms with Crippen LogP contribution in [0.1, 0.15) is 56.4 Å². The molecule has 3 amide bonds. The molecule has 1 aliphatic rings. The molecule has 2 aromatic carbocycles. The van der Waals surface area contributed by atoms with Gasteiger partial charge in [-0.15, -0.1) is 10.2 Å². The van der Waals surface area contributed by atoms with Gasteiger partial charge in [0.2, 0.25) is 5.01 Å². The van der Waals surface area contributed by atoms with E-state index in [1.54, 1.807) is 36.1 Å². The molecule has 0 saturated carbocycles. The highest BCUT2D eigenvalue weighted by Crippen LogP contribution is 2.30. The van der Waals surface area contributed by atoms with Gasteiger partial charge in [0.15, 0.2) is 0 Å². The van der Waals surface area contributed by atoms with Gasteiger partial charge in [-0.05, 0) is 63.1 Å². The van der Waals surface area contributed by atoms with Crippen molar-refractivity contribution in [2.45, 2.75) is 32.6 Å². The number of esters is 1. The van der Waals surface area contributed by atoms with Crippen LogP contribution < -0.4 is 10.6 Å². The Balaban J connectivity index is 1.34. The minimum absolute atomic E-state index is 0.0131. The van der Waals surface area contributed by atoms with Crippen LogP contribution in [0.4, 0.5) is 16.2 Å². The standard InChI is InChI=1S/C25H27N5O4S/c1-3-34-24(32)17-8-12-20(13-9-17)27-25(33)30-14-4-5-18(15-30)22-28-29-23(35-22)21(31)26-19-10-6-16(2)7-11-19/h6-13,18H,3-5,14-15H2,1-2H3,(H,26,31)(H,27,33)/t18-/m1/s1. The van der Waals surface area contributed by atoms with Crippen molar-refractivity contribution in [3.8, 4) is 0 Å². The molecule has 0 radical (unpaired) electrons. The maximum Gasteiger partial charge on any atom is 0.338 e. The minimum atomic E-state index is -0.395.